The molecule has 0 bridgehead atoms. The number of aromatic nitrogens is 6. The van der Waals surface area contributed by atoms with Gasteiger partial charge in [-0.2, -0.15) is 5.21 Å². The van der Waals surface area contributed by atoms with Crippen LogP contribution in [-0.4, -0.2) is 95.6 Å². The Hall–Kier alpha value is -6.23. The molecule has 4 saturated carbocycles. The first-order valence-corrected chi connectivity index (χ1v) is 33.3. The number of aryl methyl sites for hydroxylation is 3. The van der Waals surface area contributed by atoms with E-state index in [1.807, 2.05) is 47.4 Å². The molecule has 2 heterocycles. The van der Waals surface area contributed by atoms with E-state index < -0.39 is 8.32 Å². The smallest absolute Gasteiger partial charge is 0.247 e. The fourth-order valence-electron chi connectivity index (χ4n) is 12.9. The monoisotopic (exact) mass is 1130 g/mol. The predicted octanol–water partition coefficient (Wildman–Crippen LogP) is 14.3. The summed E-state index contributed by atoms with van der Waals surface area (Å²) in [6.45, 7) is 19.0. The van der Waals surface area contributed by atoms with E-state index in [2.05, 4.69) is 126 Å². The molecule has 15 nitrogen and oxygen atoms in total. The van der Waals surface area contributed by atoms with Gasteiger partial charge in [0.1, 0.15) is 11.5 Å². The van der Waals surface area contributed by atoms with Crippen LogP contribution in [0.2, 0.25) is 18.1 Å². The number of aliphatic hydroxyl groups excluding tert-OH is 1. The number of H-pyrrole nitrogens is 1. The van der Waals surface area contributed by atoms with Gasteiger partial charge in [0.2, 0.25) is 29.4 Å². The van der Waals surface area contributed by atoms with Crippen molar-refractivity contribution in [3.63, 3.8) is 0 Å². The first-order valence-electron chi connectivity index (χ1n) is 30.4. The lowest BCUT2D eigenvalue weighted by atomic mass is 9.78. The van der Waals surface area contributed by atoms with Crippen LogP contribution in [0.3, 0.4) is 0 Å². The molecule has 16 heteroatoms. The molecule has 0 spiro atoms. The Balaban J connectivity index is 0.000000200. The summed E-state index contributed by atoms with van der Waals surface area (Å²) in [4.78, 5) is 32.3. The van der Waals surface area contributed by atoms with E-state index in [0.29, 0.717) is 60.7 Å². The van der Waals surface area contributed by atoms with Gasteiger partial charge in [0.15, 0.2) is 8.32 Å². The van der Waals surface area contributed by atoms with Crippen molar-refractivity contribution in [2.45, 2.75) is 186 Å². The van der Waals surface area contributed by atoms with E-state index in [9.17, 15) is 14.7 Å². The summed E-state index contributed by atoms with van der Waals surface area (Å²) in [6.07, 6.45) is 15.4. The molecule has 6 aromatic rings. The first-order chi connectivity index (χ1) is 39.4. The van der Waals surface area contributed by atoms with Gasteiger partial charge in [-0.3, -0.25) is 9.59 Å². The second kappa shape index (κ2) is 27.0. The highest BCUT2D eigenvalue weighted by atomic mass is 28.4. The van der Waals surface area contributed by atoms with Crippen LogP contribution in [0.5, 0.6) is 11.5 Å². The molecule has 0 saturated heterocycles. The molecule has 440 valence electrons. The molecule has 0 aliphatic heterocycles. The SMILES string of the molecule is COc1ccc(C2CCC(CN(C(=O)C3CCC(O)CC3)c3cccc(-c4nnc(C)o4)c3)CC2)cc1C.COc1ccc(C2CCC(CN(C(=O)C3CCC(O[Si](C)(C)C(C)(C)C)CC3)c3cccc(-c4nn[nH]n4)c3)CC2)cc1C. The van der Waals surface area contributed by atoms with Crippen LogP contribution in [0.15, 0.2) is 89.3 Å². The number of hydrogen-bond acceptors (Lipinski definition) is 12. The Morgan fingerprint density at radius 2 is 1.11 bits per heavy atom. The molecule has 10 rings (SSSR count). The van der Waals surface area contributed by atoms with Crippen LogP contribution in [0.25, 0.3) is 22.8 Å². The molecule has 82 heavy (non-hydrogen) atoms. The molecule has 2 N–H and O–H groups in total. The van der Waals surface area contributed by atoms with Crippen LogP contribution in [-0.2, 0) is 14.0 Å². The highest BCUT2D eigenvalue weighted by Crippen LogP contribution is 2.43. The Morgan fingerprint density at radius 1 is 0.622 bits per heavy atom. The van der Waals surface area contributed by atoms with Crippen molar-refractivity contribution in [1.82, 2.24) is 30.8 Å². The number of nitrogens with one attached hydrogen (secondary N) is 1. The van der Waals surface area contributed by atoms with Crippen molar-refractivity contribution in [2.24, 2.45) is 23.7 Å². The number of carbonyl (C=O) groups is 2. The quantitative estimate of drug-likeness (QED) is 0.0876. The largest absolute Gasteiger partial charge is 0.496 e. The average Bonchev–Trinajstić information content (AvgIpc) is 4.26. The fraction of sp³-hybridized carbons (Fsp3) is 0.561. The minimum Gasteiger partial charge on any atom is -0.496 e. The molecule has 4 fully saturated rings. The van der Waals surface area contributed by atoms with Crippen molar-refractivity contribution in [2.75, 3.05) is 37.1 Å². The Kier molecular flexibility index (Phi) is 19.9. The summed E-state index contributed by atoms with van der Waals surface area (Å²) < 4.78 is 23.3. The standard InChI is InChI=1S/C35H51N5O3Si.C31H39N3O4/c1-24-21-28(17-20-32(24)42-5)26-13-11-25(12-14-26)23-40(30-10-8-9-29(22-30)33-36-38-39-37-33)34(41)27-15-18-31(19-16-27)43-44(6,7)35(2,3)4;1-20-17-25(13-16-29(20)37-3)23-9-7-22(8-10-23)19-34(31(36)24-11-14-28(35)15-12-24)27-6-4-5-26(18-27)30-33-32-21(2)38-30/h8-10,17,20-22,25-27,31H,11-16,18-19,23H2,1-7H3,(H,36,37,38,39);4-6,13,16-18,22-24,28,35H,7-12,14-15,19H2,1-3H3. The molecule has 4 aliphatic rings. The van der Waals surface area contributed by atoms with Gasteiger partial charge in [-0.25, -0.2) is 0 Å². The topological polar surface area (TPSA) is 182 Å². The average molecular weight is 1140 g/mol. The number of methoxy groups -OCH3 is 2. The van der Waals surface area contributed by atoms with E-state index in [-0.39, 0.29) is 40.9 Å². The van der Waals surface area contributed by atoms with E-state index >= 15 is 0 Å². The summed E-state index contributed by atoms with van der Waals surface area (Å²) in [5.74, 6) is 5.78. The highest BCUT2D eigenvalue weighted by Gasteiger charge is 2.41. The summed E-state index contributed by atoms with van der Waals surface area (Å²) in [5.41, 5.74) is 8.63. The molecule has 4 aromatic carbocycles. The first kappa shape index (κ1) is 60.4. The van der Waals surface area contributed by atoms with Gasteiger partial charge < -0.3 is 33.2 Å². The molecule has 0 unspecified atom stereocenters. The van der Waals surface area contributed by atoms with Crippen molar-refractivity contribution >= 4 is 31.5 Å². The second-order valence-corrected chi connectivity index (χ2v) is 30.4. The number of ether oxygens (including phenoxy) is 2. The number of anilines is 2. The van der Waals surface area contributed by atoms with Gasteiger partial charge in [-0.1, -0.05) is 63.2 Å². The maximum Gasteiger partial charge on any atom is 0.247 e. The van der Waals surface area contributed by atoms with E-state index in [1.165, 1.54) is 22.3 Å². The molecule has 2 aromatic heterocycles. The van der Waals surface area contributed by atoms with Crippen LogP contribution < -0.4 is 19.3 Å². The maximum absolute atomic E-state index is 14.3. The third kappa shape index (κ3) is 14.9. The molecular weight excluding hydrogens is 1040 g/mol. The summed E-state index contributed by atoms with van der Waals surface area (Å²) in [6, 6.07) is 29.1. The van der Waals surface area contributed by atoms with Crippen LogP contribution >= 0.6 is 0 Å². The lowest BCUT2D eigenvalue weighted by Gasteiger charge is -2.41. The Morgan fingerprint density at radius 3 is 1.55 bits per heavy atom. The van der Waals surface area contributed by atoms with Gasteiger partial charge in [0, 0.05) is 60.5 Å². The van der Waals surface area contributed by atoms with Crippen LogP contribution in [0.1, 0.15) is 163 Å². The van der Waals surface area contributed by atoms with E-state index in [1.54, 1.807) is 21.1 Å². The second-order valence-electron chi connectivity index (χ2n) is 25.6. The molecular formula is C66H90N8O7Si. The molecule has 4 aliphatic carbocycles. The molecule has 2 amide bonds. The number of amides is 2. The molecule has 0 atom stereocenters. The van der Waals surface area contributed by atoms with Crippen LogP contribution in [0.4, 0.5) is 11.4 Å². The van der Waals surface area contributed by atoms with Gasteiger partial charge in [-0.15, -0.1) is 20.4 Å². The summed E-state index contributed by atoms with van der Waals surface area (Å²) in [5, 5.41) is 33.0. The van der Waals surface area contributed by atoms with Gasteiger partial charge >= 0.3 is 0 Å². The lowest BCUT2D eigenvalue weighted by molar-refractivity contribution is -0.124. The van der Waals surface area contributed by atoms with Crippen molar-refractivity contribution < 1.29 is 33.0 Å². The van der Waals surface area contributed by atoms with Crippen LogP contribution in [0, 0.1) is 44.4 Å². The fourth-order valence-corrected chi connectivity index (χ4v) is 14.4. The number of carbonyl (C=O) groups excluding carboxylic acids is 2. The summed E-state index contributed by atoms with van der Waals surface area (Å²) in [7, 11) is 1.61. The van der Waals surface area contributed by atoms with Crippen molar-refractivity contribution in [3.05, 3.63) is 113 Å². The number of aromatic amines is 1. The minimum absolute atomic E-state index is 0.0155. The zero-order valence-electron chi connectivity index (χ0n) is 50.5. The van der Waals surface area contributed by atoms with Gasteiger partial charge in [-0.05, 0) is 228 Å². The third-order valence-corrected chi connectivity index (χ3v) is 23.5. The lowest BCUT2D eigenvalue weighted by Crippen LogP contribution is -2.46. The zero-order chi connectivity index (χ0) is 58.1. The number of nitrogens with zero attached hydrogens (tertiary/aromatic N) is 7. The van der Waals surface area contributed by atoms with E-state index in [0.717, 1.165) is 130 Å². The van der Waals surface area contributed by atoms with Gasteiger partial charge in [0.25, 0.3) is 0 Å². The Bertz CT molecular complexity index is 3030. The summed E-state index contributed by atoms with van der Waals surface area (Å²) >= 11 is 0. The minimum atomic E-state index is -1.84. The number of rotatable bonds is 16. The Labute approximate surface area is 487 Å². The van der Waals surface area contributed by atoms with Crippen molar-refractivity contribution in [1.29, 1.82) is 0 Å². The van der Waals surface area contributed by atoms with Crippen molar-refractivity contribution in [3.8, 4) is 34.3 Å². The normalized spacial score (nSPS) is 23.3. The van der Waals surface area contributed by atoms with E-state index in [4.69, 9.17) is 18.3 Å². The number of tetrazole rings is 1. The number of benzene rings is 4. The maximum atomic E-state index is 14.3. The number of aliphatic hydroxyl groups is 1. The number of hydrogen-bond donors (Lipinski definition) is 2. The van der Waals surface area contributed by atoms with Gasteiger partial charge in [0.05, 0.1) is 20.3 Å². The predicted molar refractivity (Wildman–Crippen MR) is 326 cm³/mol. The highest BCUT2D eigenvalue weighted by molar-refractivity contribution is 6.74. The zero-order valence-corrected chi connectivity index (χ0v) is 51.5. The molecule has 0 radical (unpaired) electrons. The third-order valence-electron chi connectivity index (χ3n) is 18.9.